The third kappa shape index (κ3) is 2.57. The third-order valence-corrected chi connectivity index (χ3v) is 3.60. The summed E-state index contributed by atoms with van der Waals surface area (Å²) in [6.07, 6.45) is 3.24. The maximum atomic E-state index is 11.9. The Kier molecular flexibility index (Phi) is 3.36. The van der Waals surface area contributed by atoms with Crippen molar-refractivity contribution in [1.82, 2.24) is 0 Å². The fraction of sp³-hybridized carbons (Fsp3) is 0.917. The van der Waals surface area contributed by atoms with Crippen molar-refractivity contribution in [2.75, 3.05) is 0 Å². The van der Waals surface area contributed by atoms with Crippen molar-refractivity contribution >= 4 is 5.78 Å². The number of hydrogen-bond acceptors (Lipinski definition) is 2. The number of carbonyl (C=O) groups excluding carboxylic acids is 1. The van der Waals surface area contributed by atoms with Crippen LogP contribution in [-0.2, 0) is 4.79 Å². The summed E-state index contributed by atoms with van der Waals surface area (Å²) < 4.78 is 0. The molecule has 0 aromatic carbocycles. The Labute approximate surface area is 87.2 Å². The van der Waals surface area contributed by atoms with Gasteiger partial charge in [-0.2, -0.15) is 0 Å². The second kappa shape index (κ2) is 4.01. The van der Waals surface area contributed by atoms with Crippen LogP contribution in [0.4, 0.5) is 0 Å². The van der Waals surface area contributed by atoms with Gasteiger partial charge in [0.2, 0.25) is 0 Å². The quantitative estimate of drug-likeness (QED) is 0.738. The minimum absolute atomic E-state index is 0.209. The normalized spacial score (nSPS) is 34.2. The molecule has 0 bridgehead atoms. The van der Waals surface area contributed by atoms with E-state index in [1.54, 1.807) is 0 Å². The van der Waals surface area contributed by atoms with Crippen molar-refractivity contribution in [3.05, 3.63) is 0 Å². The number of rotatable bonds is 2. The Morgan fingerprint density at radius 1 is 1.21 bits per heavy atom. The van der Waals surface area contributed by atoms with Crippen LogP contribution in [0.15, 0.2) is 0 Å². The van der Waals surface area contributed by atoms with Gasteiger partial charge in [0.1, 0.15) is 0 Å². The van der Waals surface area contributed by atoms with Crippen LogP contribution >= 0.6 is 0 Å². The molecule has 0 spiro atoms. The average Bonchev–Trinajstić information content (AvgIpc) is 2.07. The maximum absolute atomic E-state index is 11.9. The SMILES string of the molecule is CC1CCC(C(=O)C(C)(C)N)CC1C. The topological polar surface area (TPSA) is 43.1 Å². The second-order valence-electron chi connectivity index (χ2n) is 5.55. The zero-order valence-electron chi connectivity index (χ0n) is 9.84. The number of hydrogen-bond donors (Lipinski definition) is 1. The molecule has 1 rings (SSSR count). The summed E-state index contributed by atoms with van der Waals surface area (Å²) in [6.45, 7) is 8.16. The highest BCUT2D eigenvalue weighted by Crippen LogP contribution is 2.35. The number of nitrogens with two attached hydrogens (primary N) is 1. The van der Waals surface area contributed by atoms with E-state index in [1.165, 1.54) is 6.42 Å². The minimum Gasteiger partial charge on any atom is -0.319 e. The molecule has 1 fully saturated rings. The smallest absolute Gasteiger partial charge is 0.155 e. The molecule has 2 heteroatoms. The van der Waals surface area contributed by atoms with Crippen LogP contribution in [0.25, 0.3) is 0 Å². The van der Waals surface area contributed by atoms with Crippen molar-refractivity contribution in [2.24, 2.45) is 23.5 Å². The predicted octanol–water partition coefficient (Wildman–Crippen LogP) is 2.37. The van der Waals surface area contributed by atoms with E-state index in [4.69, 9.17) is 5.73 Å². The molecule has 14 heavy (non-hydrogen) atoms. The van der Waals surface area contributed by atoms with E-state index in [9.17, 15) is 4.79 Å². The fourth-order valence-corrected chi connectivity index (χ4v) is 2.31. The van der Waals surface area contributed by atoms with Crippen LogP contribution in [0.1, 0.15) is 47.0 Å². The van der Waals surface area contributed by atoms with Crippen LogP contribution in [0, 0.1) is 17.8 Å². The molecule has 3 unspecified atom stereocenters. The van der Waals surface area contributed by atoms with Crippen molar-refractivity contribution in [1.29, 1.82) is 0 Å². The Bertz CT molecular complexity index is 217. The van der Waals surface area contributed by atoms with E-state index < -0.39 is 5.54 Å². The molecular weight excluding hydrogens is 174 g/mol. The van der Waals surface area contributed by atoms with Gasteiger partial charge >= 0.3 is 0 Å². The van der Waals surface area contributed by atoms with Gasteiger partial charge in [-0.05, 0) is 44.9 Å². The average molecular weight is 197 g/mol. The lowest BCUT2D eigenvalue weighted by atomic mass is 9.72. The number of Topliss-reactive ketones (excluding diaryl/α,β-unsaturated/α-hetero) is 1. The third-order valence-electron chi connectivity index (χ3n) is 3.60. The summed E-state index contributed by atoms with van der Waals surface area (Å²) in [7, 11) is 0. The monoisotopic (exact) mass is 197 g/mol. The minimum atomic E-state index is -0.648. The van der Waals surface area contributed by atoms with E-state index in [-0.39, 0.29) is 11.7 Å². The molecule has 1 aliphatic rings. The Balaban J connectivity index is 2.59. The van der Waals surface area contributed by atoms with E-state index in [2.05, 4.69) is 13.8 Å². The molecule has 3 atom stereocenters. The Hall–Kier alpha value is -0.370. The van der Waals surface area contributed by atoms with Crippen molar-refractivity contribution in [2.45, 2.75) is 52.5 Å². The lowest BCUT2D eigenvalue weighted by molar-refractivity contribution is -0.128. The molecule has 82 valence electrons. The molecule has 1 aliphatic carbocycles. The predicted molar refractivity (Wildman–Crippen MR) is 58.9 cm³/mol. The molecule has 2 N–H and O–H groups in total. The Morgan fingerprint density at radius 3 is 2.21 bits per heavy atom. The molecule has 0 radical (unpaired) electrons. The van der Waals surface area contributed by atoms with Gasteiger partial charge in [0.15, 0.2) is 5.78 Å². The molecule has 1 saturated carbocycles. The highest BCUT2D eigenvalue weighted by atomic mass is 16.1. The van der Waals surface area contributed by atoms with E-state index in [0.717, 1.165) is 18.8 Å². The first-order valence-electron chi connectivity index (χ1n) is 5.65. The highest BCUT2D eigenvalue weighted by molar-refractivity contribution is 5.89. The van der Waals surface area contributed by atoms with Crippen LogP contribution < -0.4 is 5.73 Å². The molecule has 2 nitrogen and oxygen atoms in total. The number of ketones is 1. The zero-order valence-corrected chi connectivity index (χ0v) is 9.84. The summed E-state index contributed by atoms with van der Waals surface area (Å²) in [5.41, 5.74) is 5.19. The van der Waals surface area contributed by atoms with Crippen LogP contribution in [0.2, 0.25) is 0 Å². The molecule has 0 amide bonds. The van der Waals surface area contributed by atoms with Gasteiger partial charge in [-0.15, -0.1) is 0 Å². The van der Waals surface area contributed by atoms with Gasteiger partial charge in [0.05, 0.1) is 5.54 Å². The molecule has 0 heterocycles. The van der Waals surface area contributed by atoms with Crippen LogP contribution in [-0.4, -0.2) is 11.3 Å². The van der Waals surface area contributed by atoms with Crippen molar-refractivity contribution in [3.8, 4) is 0 Å². The van der Waals surface area contributed by atoms with Gasteiger partial charge in [-0.25, -0.2) is 0 Å². The fourth-order valence-electron chi connectivity index (χ4n) is 2.31. The first-order valence-corrected chi connectivity index (χ1v) is 5.65. The summed E-state index contributed by atoms with van der Waals surface area (Å²) in [6, 6.07) is 0. The van der Waals surface area contributed by atoms with Crippen molar-refractivity contribution in [3.63, 3.8) is 0 Å². The first kappa shape index (κ1) is 11.7. The summed E-state index contributed by atoms with van der Waals surface area (Å²) in [5.74, 6) is 1.89. The van der Waals surface area contributed by atoms with Gasteiger partial charge in [0.25, 0.3) is 0 Å². The Morgan fingerprint density at radius 2 is 1.79 bits per heavy atom. The lowest BCUT2D eigenvalue weighted by Crippen LogP contribution is -2.46. The van der Waals surface area contributed by atoms with E-state index in [1.807, 2.05) is 13.8 Å². The van der Waals surface area contributed by atoms with E-state index >= 15 is 0 Å². The summed E-state index contributed by atoms with van der Waals surface area (Å²) in [4.78, 5) is 11.9. The molecule has 0 aromatic heterocycles. The zero-order chi connectivity index (χ0) is 10.9. The van der Waals surface area contributed by atoms with Crippen molar-refractivity contribution < 1.29 is 4.79 Å². The highest BCUT2D eigenvalue weighted by Gasteiger charge is 2.34. The van der Waals surface area contributed by atoms with E-state index in [0.29, 0.717) is 5.92 Å². The largest absolute Gasteiger partial charge is 0.319 e. The van der Waals surface area contributed by atoms with Gasteiger partial charge < -0.3 is 5.73 Å². The molecular formula is C12H23NO. The first-order chi connectivity index (χ1) is 6.32. The van der Waals surface area contributed by atoms with Crippen LogP contribution in [0.3, 0.4) is 0 Å². The number of carbonyl (C=O) groups is 1. The van der Waals surface area contributed by atoms with Crippen LogP contribution in [0.5, 0.6) is 0 Å². The standard InChI is InChI=1S/C12H23NO/c1-8-5-6-10(7-9(8)2)11(14)12(3,4)13/h8-10H,5-7,13H2,1-4H3. The summed E-state index contributed by atoms with van der Waals surface area (Å²) in [5, 5.41) is 0. The maximum Gasteiger partial charge on any atom is 0.155 e. The second-order valence-corrected chi connectivity index (χ2v) is 5.55. The molecule has 0 saturated heterocycles. The molecule has 0 aliphatic heterocycles. The van der Waals surface area contributed by atoms with Gasteiger partial charge in [-0.1, -0.05) is 13.8 Å². The van der Waals surface area contributed by atoms with Gasteiger partial charge in [-0.3, -0.25) is 4.79 Å². The lowest BCUT2D eigenvalue weighted by Gasteiger charge is -2.34. The van der Waals surface area contributed by atoms with Gasteiger partial charge in [0, 0.05) is 5.92 Å². The molecule has 0 aromatic rings. The summed E-state index contributed by atoms with van der Waals surface area (Å²) >= 11 is 0.